The monoisotopic (exact) mass is 637 g/mol. The van der Waals surface area contributed by atoms with Crippen LogP contribution in [0, 0.1) is 5.92 Å². The van der Waals surface area contributed by atoms with Gasteiger partial charge in [-0.1, -0.05) is 28.3 Å². The smallest absolute Gasteiger partial charge is 0.303 e. The molecule has 0 aliphatic carbocycles. The number of hydrogen-bond acceptors (Lipinski definition) is 8. The van der Waals surface area contributed by atoms with Crippen molar-refractivity contribution in [2.75, 3.05) is 24.5 Å². The molecule has 1 fully saturated rings. The number of piperidine rings is 1. The summed E-state index contributed by atoms with van der Waals surface area (Å²) in [5, 5.41) is 8.65. The van der Waals surface area contributed by atoms with E-state index >= 15 is 0 Å². The first-order chi connectivity index (χ1) is 21.5. The van der Waals surface area contributed by atoms with Crippen LogP contribution in [-0.2, 0) is 29.5 Å². The van der Waals surface area contributed by atoms with Crippen molar-refractivity contribution < 1.29 is 14.6 Å². The summed E-state index contributed by atoms with van der Waals surface area (Å²) in [7, 11) is 17.6. The summed E-state index contributed by atoms with van der Waals surface area (Å²) in [6, 6.07) is 9.17. The van der Waals surface area contributed by atoms with Crippen LogP contribution >= 0.6 is 23.2 Å². The summed E-state index contributed by atoms with van der Waals surface area (Å²) >= 11 is 12.6. The molecule has 0 unspecified atom stereocenters. The summed E-state index contributed by atoms with van der Waals surface area (Å²) in [4.78, 5) is 33.6. The predicted octanol–water partition coefficient (Wildman–Crippen LogP) is 4.16. The molecule has 6 rings (SSSR count). The molecule has 10 nitrogen and oxygen atoms in total. The normalized spacial score (nSPS) is 16.0. The molecule has 0 spiro atoms. The number of imidazole rings is 1. The van der Waals surface area contributed by atoms with Crippen LogP contribution in [0.3, 0.4) is 0 Å². The average molecular weight is 638 g/mol. The van der Waals surface area contributed by atoms with Crippen molar-refractivity contribution in [3.63, 3.8) is 0 Å². The van der Waals surface area contributed by atoms with Crippen molar-refractivity contribution in [3.05, 3.63) is 76.0 Å². The van der Waals surface area contributed by atoms with E-state index in [0.29, 0.717) is 65.3 Å². The highest BCUT2D eigenvalue weighted by Gasteiger charge is 2.26. The third kappa shape index (κ3) is 7.65. The second-order valence-corrected chi connectivity index (χ2v) is 12.4. The van der Waals surface area contributed by atoms with Gasteiger partial charge in [-0.25, -0.2) is 19.9 Å². The lowest BCUT2D eigenvalue weighted by Crippen LogP contribution is -2.38. The molecule has 1 aromatic carbocycles. The molecule has 2 aliphatic rings. The number of anilines is 1. The van der Waals surface area contributed by atoms with Gasteiger partial charge in [-0.3, -0.25) is 9.69 Å². The van der Waals surface area contributed by atoms with E-state index in [0.717, 1.165) is 42.8 Å². The highest BCUT2D eigenvalue weighted by atomic mass is 35.5. The molecule has 0 bridgehead atoms. The third-order valence-corrected chi connectivity index (χ3v) is 8.42. The van der Waals surface area contributed by atoms with Crippen LogP contribution in [0.15, 0.2) is 48.9 Å². The van der Waals surface area contributed by atoms with Crippen molar-refractivity contribution in [1.82, 2.24) is 29.4 Å². The molecule has 3 aromatic heterocycles. The van der Waals surface area contributed by atoms with Crippen LogP contribution in [0.4, 0.5) is 5.95 Å². The Hall–Kier alpha value is -3.54. The Kier molecular flexibility index (Phi) is 9.13. The van der Waals surface area contributed by atoms with E-state index in [1.54, 1.807) is 36.8 Å². The van der Waals surface area contributed by atoms with Gasteiger partial charge in [0.1, 0.15) is 0 Å². The number of nitrogens with zero attached hydrogens (tertiary/aromatic N) is 7. The Morgan fingerprint density at radius 3 is 2.33 bits per heavy atom. The van der Waals surface area contributed by atoms with E-state index in [9.17, 15) is 4.79 Å². The number of benzene rings is 1. The van der Waals surface area contributed by atoms with E-state index < -0.39 is 11.1 Å². The molecule has 0 atom stereocenters. The molecule has 0 saturated carbocycles. The zero-order valence-corrected chi connectivity index (χ0v) is 26.0. The fourth-order valence-electron chi connectivity index (χ4n) is 5.85. The van der Waals surface area contributed by atoms with Crippen molar-refractivity contribution >= 4 is 58.7 Å². The van der Waals surface area contributed by atoms with Crippen molar-refractivity contribution in [2.24, 2.45) is 5.92 Å². The van der Waals surface area contributed by atoms with Crippen molar-refractivity contribution in [2.45, 2.75) is 44.0 Å². The van der Waals surface area contributed by atoms with Gasteiger partial charge < -0.3 is 19.3 Å². The Morgan fingerprint density at radius 2 is 1.67 bits per heavy atom. The third-order valence-electron chi connectivity index (χ3n) is 7.99. The molecule has 4 aromatic rings. The number of carbonyl (C=O) groups is 1. The molecule has 1 saturated heterocycles. The average Bonchev–Trinajstić information content (AvgIpc) is 3.42. The van der Waals surface area contributed by atoms with Crippen LogP contribution in [0.5, 0.6) is 11.6 Å². The number of rotatable bonds is 9. The first kappa shape index (κ1) is 31.4. The van der Waals surface area contributed by atoms with Gasteiger partial charge in [0.2, 0.25) is 11.8 Å². The van der Waals surface area contributed by atoms with E-state index in [4.69, 9.17) is 61.6 Å². The lowest BCUT2D eigenvalue weighted by atomic mass is 9.42. The molecule has 5 heterocycles. The largest absolute Gasteiger partial charge is 0.481 e. The van der Waals surface area contributed by atoms with Crippen LogP contribution in [-0.4, -0.2) is 83.7 Å². The molecule has 6 radical (unpaired) electrons. The van der Waals surface area contributed by atoms with Gasteiger partial charge in [-0.05, 0) is 61.7 Å². The van der Waals surface area contributed by atoms with Crippen LogP contribution < -0.4 is 9.64 Å². The standard InChI is InChI=1S/C30H28B3Cl2N7O3/c31-30(32,33)28-36-13-23-17-41(5-6-42(23)28)29-37-14-24(15-38-29)45-26-8-19(16-40-3-1-18(2-4-40)9-27(43)44)7-25(39-26)20-10-21(34)12-22(35)11-20/h7-8,10-15,18H,1-6,9,16-17H2,(H,43,44). The first-order valence-electron chi connectivity index (χ1n) is 14.6. The lowest BCUT2D eigenvalue weighted by molar-refractivity contribution is -0.138. The van der Waals surface area contributed by atoms with Gasteiger partial charge in [0.25, 0.3) is 0 Å². The SMILES string of the molecule is [B]C([B])([B])c1ncc2n1CCN(c1ncc(Oc3cc(CN4CCC(CC(=O)O)CC4)cc(-c4cc(Cl)cc(Cl)c4)n3)cn1)C2. The zero-order valence-electron chi connectivity index (χ0n) is 24.4. The molecule has 224 valence electrons. The zero-order chi connectivity index (χ0) is 31.7. The molecule has 45 heavy (non-hydrogen) atoms. The summed E-state index contributed by atoms with van der Waals surface area (Å²) in [6.45, 7) is 4.01. The Labute approximate surface area is 275 Å². The number of aromatic nitrogens is 5. The molecular formula is C30H28B3Cl2N7O3. The number of carboxylic acids is 1. The molecule has 1 N–H and O–H groups in total. The van der Waals surface area contributed by atoms with Gasteiger partial charge in [0, 0.05) is 47.7 Å². The second-order valence-electron chi connectivity index (χ2n) is 11.6. The highest BCUT2D eigenvalue weighted by Crippen LogP contribution is 2.31. The summed E-state index contributed by atoms with van der Waals surface area (Å²) in [5.41, 5.74) is 3.31. The van der Waals surface area contributed by atoms with E-state index in [2.05, 4.69) is 19.9 Å². The number of aliphatic carboxylic acids is 1. The van der Waals surface area contributed by atoms with Crippen molar-refractivity contribution in [1.29, 1.82) is 0 Å². The number of ether oxygens (including phenoxy) is 1. The summed E-state index contributed by atoms with van der Waals surface area (Å²) in [6.07, 6.45) is 6.83. The fourth-order valence-corrected chi connectivity index (χ4v) is 6.38. The topological polar surface area (TPSA) is 110 Å². The Bertz CT molecular complexity index is 1670. The molecule has 15 heteroatoms. The predicted molar refractivity (Wildman–Crippen MR) is 174 cm³/mol. The van der Waals surface area contributed by atoms with Gasteiger partial charge in [0.15, 0.2) is 5.75 Å². The number of likely N-dealkylation sites (tertiary alicyclic amines) is 1. The van der Waals surface area contributed by atoms with Gasteiger partial charge in [-0.2, -0.15) is 0 Å². The van der Waals surface area contributed by atoms with Crippen LogP contribution in [0.2, 0.25) is 10.0 Å². The minimum absolute atomic E-state index is 0.203. The first-order valence-corrected chi connectivity index (χ1v) is 15.3. The lowest BCUT2D eigenvalue weighted by Gasteiger charge is -2.31. The van der Waals surface area contributed by atoms with E-state index in [1.807, 2.05) is 21.6 Å². The maximum Gasteiger partial charge on any atom is 0.303 e. The summed E-state index contributed by atoms with van der Waals surface area (Å²) in [5.74, 6) is 1.23. The number of halogens is 2. The van der Waals surface area contributed by atoms with Crippen LogP contribution in [0.25, 0.3) is 11.3 Å². The van der Waals surface area contributed by atoms with Gasteiger partial charge >= 0.3 is 5.97 Å². The number of pyridine rings is 1. The molecular weight excluding hydrogens is 610 g/mol. The minimum atomic E-state index is -1.51. The molecule has 0 amide bonds. The second kappa shape index (κ2) is 13.1. The number of fused-ring (bicyclic) bond motifs is 1. The molecule has 2 aliphatic heterocycles. The Balaban J connectivity index is 1.19. The minimum Gasteiger partial charge on any atom is -0.481 e. The van der Waals surface area contributed by atoms with E-state index in [1.165, 1.54) is 0 Å². The van der Waals surface area contributed by atoms with Crippen molar-refractivity contribution in [3.8, 4) is 22.9 Å². The highest BCUT2D eigenvalue weighted by molar-refractivity contribution is 6.58. The quantitative estimate of drug-likeness (QED) is 0.271. The maximum atomic E-state index is 11.1. The fraction of sp³-hybridized carbons (Fsp3) is 0.367. The van der Waals surface area contributed by atoms with E-state index in [-0.39, 0.29) is 12.3 Å². The number of carboxylic acid groups (broad SMARTS) is 1. The van der Waals surface area contributed by atoms with Gasteiger partial charge in [-0.15, -0.1) is 0 Å². The van der Waals surface area contributed by atoms with Gasteiger partial charge in [0.05, 0.1) is 65.9 Å². The number of hydrogen-bond donors (Lipinski definition) is 1. The van der Waals surface area contributed by atoms with Crippen LogP contribution in [0.1, 0.15) is 36.3 Å². The summed E-state index contributed by atoms with van der Waals surface area (Å²) < 4.78 is 8.10. The maximum absolute atomic E-state index is 11.1. The Morgan fingerprint density at radius 1 is 0.956 bits per heavy atom.